The molecule has 0 aliphatic rings. The molecular weight excluding hydrogens is 480 g/mol. The summed E-state index contributed by atoms with van der Waals surface area (Å²) in [6.45, 7) is 0.380. The van der Waals surface area contributed by atoms with E-state index >= 15 is 0 Å². The summed E-state index contributed by atoms with van der Waals surface area (Å²) in [6.07, 6.45) is 0.0841. The Hall–Kier alpha value is -4.79. The summed E-state index contributed by atoms with van der Waals surface area (Å²) in [5, 5.41) is 0. The summed E-state index contributed by atoms with van der Waals surface area (Å²) in [5.74, 6) is -1.93. The fourth-order valence-corrected chi connectivity index (χ4v) is 4.02. The Balaban J connectivity index is 1.61. The van der Waals surface area contributed by atoms with Gasteiger partial charge in [0.25, 0.3) is 0 Å². The Morgan fingerprint density at radius 3 is 2.14 bits per heavy atom. The van der Waals surface area contributed by atoms with Gasteiger partial charge in [-0.15, -0.1) is 0 Å². The number of aromatic nitrogens is 3. The summed E-state index contributed by atoms with van der Waals surface area (Å²) < 4.78 is 43.5. The first-order valence-electron chi connectivity index (χ1n) is 11.4. The van der Waals surface area contributed by atoms with Crippen molar-refractivity contribution in [2.24, 2.45) is 7.05 Å². The molecule has 0 saturated heterocycles. The van der Waals surface area contributed by atoms with E-state index in [9.17, 15) is 18.4 Å². The van der Waals surface area contributed by atoms with Gasteiger partial charge < -0.3 is 9.47 Å². The second kappa shape index (κ2) is 10.1. The minimum absolute atomic E-state index is 0.0318. The second-order valence-corrected chi connectivity index (χ2v) is 8.27. The molecule has 5 rings (SSSR count). The molecule has 5 aromatic rings. The van der Waals surface area contributed by atoms with Crippen molar-refractivity contribution < 1.29 is 23.0 Å². The zero-order valence-electron chi connectivity index (χ0n) is 19.7. The number of rotatable bonds is 8. The monoisotopic (exact) mass is 501 g/mol. The van der Waals surface area contributed by atoms with Crippen molar-refractivity contribution in [3.05, 3.63) is 118 Å². The van der Waals surface area contributed by atoms with Crippen molar-refractivity contribution >= 4 is 17.3 Å². The Labute approximate surface area is 210 Å². The van der Waals surface area contributed by atoms with Gasteiger partial charge in [-0.1, -0.05) is 60.7 Å². The molecule has 7 nitrogen and oxygen atoms in total. The van der Waals surface area contributed by atoms with Gasteiger partial charge in [0.1, 0.15) is 30.2 Å². The van der Waals surface area contributed by atoms with Crippen LogP contribution in [-0.4, -0.2) is 20.4 Å². The van der Waals surface area contributed by atoms with Gasteiger partial charge >= 0.3 is 5.69 Å². The van der Waals surface area contributed by atoms with E-state index in [1.807, 2.05) is 60.7 Å². The number of hydrogen-bond acceptors (Lipinski definition) is 5. The minimum Gasteiger partial charge on any atom is -0.473 e. The van der Waals surface area contributed by atoms with Gasteiger partial charge in [0.2, 0.25) is 11.8 Å². The fraction of sp³-hybridized carbons (Fsp3) is 0.107. The van der Waals surface area contributed by atoms with Crippen LogP contribution < -0.4 is 15.2 Å². The van der Waals surface area contributed by atoms with Gasteiger partial charge in [0, 0.05) is 19.2 Å². The number of imidazole rings is 1. The van der Waals surface area contributed by atoms with Crippen molar-refractivity contribution in [3.63, 3.8) is 0 Å². The molecule has 37 heavy (non-hydrogen) atoms. The van der Waals surface area contributed by atoms with E-state index in [1.165, 1.54) is 13.1 Å². The fourth-order valence-electron chi connectivity index (χ4n) is 4.02. The smallest absolute Gasteiger partial charge is 0.333 e. The lowest BCUT2D eigenvalue weighted by molar-refractivity contribution is 0.111. The number of pyridine rings is 1. The maximum Gasteiger partial charge on any atom is 0.333 e. The van der Waals surface area contributed by atoms with Gasteiger partial charge in [-0.3, -0.25) is 13.9 Å². The Bertz CT molecular complexity index is 1650. The number of carbonyl (C=O) groups is 1. The molecule has 0 amide bonds. The highest BCUT2D eigenvalue weighted by Gasteiger charge is 2.24. The van der Waals surface area contributed by atoms with Gasteiger partial charge in [-0.05, 0) is 17.2 Å². The number of benzene rings is 3. The number of aryl methyl sites for hydroxylation is 1. The number of aldehydes is 1. The predicted molar refractivity (Wildman–Crippen MR) is 133 cm³/mol. The molecule has 0 atom stereocenters. The topological polar surface area (TPSA) is 75.3 Å². The summed E-state index contributed by atoms with van der Waals surface area (Å²) in [6, 6.07) is 22.9. The minimum atomic E-state index is -1.12. The van der Waals surface area contributed by atoms with Crippen LogP contribution in [0.5, 0.6) is 11.8 Å². The summed E-state index contributed by atoms with van der Waals surface area (Å²) in [4.78, 5) is 28.9. The molecule has 0 saturated carbocycles. The SMILES string of the molecule is Cn1c(=O)n(-c2ccc(OCc3ccccc3)nc2OCc2ccccc2)c2cc(F)c(C=O)c(F)c21. The summed E-state index contributed by atoms with van der Waals surface area (Å²) >= 11 is 0. The molecule has 0 spiro atoms. The molecule has 2 aromatic heterocycles. The lowest BCUT2D eigenvalue weighted by Crippen LogP contribution is -2.21. The van der Waals surface area contributed by atoms with Crippen LogP contribution in [0.1, 0.15) is 21.5 Å². The van der Waals surface area contributed by atoms with Crippen molar-refractivity contribution in [2.75, 3.05) is 0 Å². The summed E-state index contributed by atoms with van der Waals surface area (Å²) in [7, 11) is 1.34. The van der Waals surface area contributed by atoms with Gasteiger partial charge in [0.05, 0.1) is 11.1 Å². The lowest BCUT2D eigenvalue weighted by Gasteiger charge is -2.14. The highest BCUT2D eigenvalue weighted by atomic mass is 19.1. The zero-order valence-corrected chi connectivity index (χ0v) is 19.7. The number of nitrogens with zero attached hydrogens (tertiary/aromatic N) is 3. The standard InChI is InChI=1S/C28H21F2N3O4/c1-32-26-23(14-21(29)20(15-34)25(26)30)33(28(32)35)22-12-13-24(36-16-18-8-4-2-5-9-18)31-27(22)37-17-19-10-6-3-7-11-19/h2-15H,16-17H2,1H3. The Morgan fingerprint density at radius 2 is 1.51 bits per heavy atom. The van der Waals surface area contributed by atoms with Crippen LogP contribution in [0.4, 0.5) is 8.78 Å². The van der Waals surface area contributed by atoms with Crippen LogP contribution in [0.3, 0.4) is 0 Å². The molecule has 0 aliphatic carbocycles. The van der Waals surface area contributed by atoms with Crippen molar-refractivity contribution in [1.82, 2.24) is 14.1 Å². The van der Waals surface area contributed by atoms with Gasteiger partial charge in [-0.2, -0.15) is 4.98 Å². The van der Waals surface area contributed by atoms with E-state index in [4.69, 9.17) is 9.47 Å². The number of ether oxygens (including phenoxy) is 2. The molecule has 9 heteroatoms. The number of halogens is 2. The maximum atomic E-state index is 15.0. The largest absolute Gasteiger partial charge is 0.473 e. The predicted octanol–water partition coefficient (Wildman–Crippen LogP) is 4.97. The molecule has 0 radical (unpaired) electrons. The molecule has 0 N–H and O–H groups in total. The van der Waals surface area contributed by atoms with E-state index in [1.54, 1.807) is 6.07 Å². The van der Waals surface area contributed by atoms with Crippen LogP contribution in [0.2, 0.25) is 0 Å². The molecule has 186 valence electrons. The Morgan fingerprint density at radius 1 is 0.892 bits per heavy atom. The third-order valence-corrected chi connectivity index (χ3v) is 5.88. The quantitative estimate of drug-likeness (QED) is 0.281. The average Bonchev–Trinajstić information content (AvgIpc) is 3.17. The maximum absolute atomic E-state index is 15.0. The van der Waals surface area contributed by atoms with Crippen LogP contribution in [-0.2, 0) is 20.3 Å². The molecule has 0 unspecified atom stereocenters. The van der Waals surface area contributed by atoms with Crippen molar-refractivity contribution in [2.45, 2.75) is 13.2 Å². The van der Waals surface area contributed by atoms with E-state index in [0.29, 0.717) is 0 Å². The second-order valence-electron chi connectivity index (χ2n) is 8.27. The number of fused-ring (bicyclic) bond motifs is 1. The zero-order chi connectivity index (χ0) is 25.9. The third kappa shape index (κ3) is 4.58. The van der Waals surface area contributed by atoms with Crippen LogP contribution >= 0.6 is 0 Å². The van der Waals surface area contributed by atoms with Crippen LogP contribution in [0.15, 0.2) is 83.7 Å². The molecular formula is C28H21F2N3O4. The number of carbonyl (C=O) groups excluding carboxylic acids is 1. The van der Waals surface area contributed by atoms with Crippen LogP contribution in [0.25, 0.3) is 16.7 Å². The van der Waals surface area contributed by atoms with E-state index < -0.39 is 22.9 Å². The molecule has 0 bridgehead atoms. The molecule has 2 heterocycles. The van der Waals surface area contributed by atoms with Crippen molar-refractivity contribution in [3.8, 4) is 17.4 Å². The highest BCUT2D eigenvalue weighted by Crippen LogP contribution is 2.30. The highest BCUT2D eigenvalue weighted by molar-refractivity contribution is 5.87. The average molecular weight is 501 g/mol. The lowest BCUT2D eigenvalue weighted by atomic mass is 10.2. The number of hydrogen-bond donors (Lipinski definition) is 0. The molecule has 3 aromatic carbocycles. The Kier molecular flexibility index (Phi) is 6.51. The van der Waals surface area contributed by atoms with Gasteiger partial charge in [-0.25, -0.2) is 13.6 Å². The third-order valence-electron chi connectivity index (χ3n) is 5.88. The summed E-state index contributed by atoms with van der Waals surface area (Å²) in [5.41, 5.74) is 0.246. The van der Waals surface area contributed by atoms with Crippen LogP contribution in [0, 0.1) is 11.6 Å². The van der Waals surface area contributed by atoms with Crippen molar-refractivity contribution in [1.29, 1.82) is 0 Å². The van der Waals surface area contributed by atoms with E-state index in [2.05, 4.69) is 4.98 Å². The first-order valence-corrected chi connectivity index (χ1v) is 11.4. The normalized spacial score (nSPS) is 11.0. The molecule has 0 fully saturated rings. The van der Waals surface area contributed by atoms with E-state index in [0.717, 1.165) is 26.3 Å². The first kappa shape index (κ1) is 23.9. The molecule has 0 aliphatic heterocycles. The van der Waals surface area contributed by atoms with Gasteiger partial charge in [0.15, 0.2) is 12.1 Å². The van der Waals surface area contributed by atoms with E-state index in [-0.39, 0.29) is 48.0 Å². The first-order chi connectivity index (χ1) is 18.0.